The van der Waals surface area contributed by atoms with Crippen molar-refractivity contribution in [2.24, 2.45) is 0 Å². The molecule has 0 saturated heterocycles. The molecule has 0 unspecified atom stereocenters. The van der Waals surface area contributed by atoms with E-state index in [-0.39, 0.29) is 5.13 Å². The Bertz CT molecular complexity index is 750. The van der Waals surface area contributed by atoms with Crippen LogP contribution in [-0.4, -0.2) is 20.4 Å². The molecule has 120 valence electrons. The van der Waals surface area contributed by atoms with Crippen molar-refractivity contribution in [3.05, 3.63) is 52.8 Å². The normalized spacial score (nSPS) is 11.6. The molecular formula is C14H12F3N5S. The number of thiazole rings is 1. The van der Waals surface area contributed by atoms with E-state index < -0.39 is 11.9 Å². The summed E-state index contributed by atoms with van der Waals surface area (Å²) in [5.41, 5.74) is 1.80. The third kappa shape index (κ3) is 4.07. The molecule has 3 rings (SSSR count). The molecule has 2 N–H and O–H groups in total. The van der Waals surface area contributed by atoms with E-state index in [9.17, 15) is 13.2 Å². The molecule has 2 heterocycles. The molecule has 1 aromatic carbocycles. The summed E-state index contributed by atoms with van der Waals surface area (Å²) in [7, 11) is 0. The molecule has 5 nitrogen and oxygen atoms in total. The number of nitrogens with zero attached hydrogens (tertiary/aromatic N) is 3. The summed E-state index contributed by atoms with van der Waals surface area (Å²) in [6, 6.07) is 7.46. The van der Waals surface area contributed by atoms with Crippen LogP contribution in [0, 0.1) is 0 Å². The highest BCUT2D eigenvalue weighted by Crippen LogP contribution is 2.32. The van der Waals surface area contributed by atoms with Gasteiger partial charge in [0.25, 0.3) is 0 Å². The minimum atomic E-state index is -4.42. The summed E-state index contributed by atoms with van der Waals surface area (Å²) in [4.78, 5) is 3.53. The zero-order valence-corrected chi connectivity index (χ0v) is 12.6. The molecule has 0 saturated carbocycles. The van der Waals surface area contributed by atoms with Gasteiger partial charge < -0.3 is 5.32 Å². The van der Waals surface area contributed by atoms with Crippen LogP contribution in [0.25, 0.3) is 0 Å². The number of hydrogen-bond donors (Lipinski definition) is 2. The Labute approximate surface area is 133 Å². The maximum atomic E-state index is 12.5. The first-order valence-electron chi connectivity index (χ1n) is 6.74. The zero-order chi connectivity index (χ0) is 16.3. The minimum Gasteiger partial charge on any atom is -0.332 e. The fraction of sp³-hybridized carbons (Fsp3) is 0.214. The van der Waals surface area contributed by atoms with Crippen LogP contribution in [0.1, 0.15) is 17.0 Å². The highest BCUT2D eigenvalue weighted by Gasteiger charge is 2.33. The molecule has 2 aromatic heterocycles. The lowest BCUT2D eigenvalue weighted by Gasteiger charge is -2.05. The summed E-state index contributed by atoms with van der Waals surface area (Å²) in [6.07, 6.45) is -1.16. The highest BCUT2D eigenvalue weighted by molar-refractivity contribution is 7.13. The Hall–Kier alpha value is -2.42. The largest absolute Gasteiger partial charge is 0.434 e. The number of rotatable bonds is 5. The van der Waals surface area contributed by atoms with Gasteiger partial charge in [0.2, 0.25) is 0 Å². The van der Waals surface area contributed by atoms with Crippen LogP contribution in [0.15, 0.2) is 35.8 Å². The van der Waals surface area contributed by atoms with Crippen LogP contribution in [0.2, 0.25) is 0 Å². The summed E-state index contributed by atoms with van der Waals surface area (Å²) in [5.74, 6) is 0. The predicted octanol–water partition coefficient (Wildman–Crippen LogP) is 3.81. The van der Waals surface area contributed by atoms with Gasteiger partial charge in [0.1, 0.15) is 0 Å². The van der Waals surface area contributed by atoms with Gasteiger partial charge in [-0.1, -0.05) is 12.1 Å². The number of nitrogens with one attached hydrogen (secondary N) is 2. The molecule has 3 aromatic rings. The standard InChI is InChI=1S/C14H12F3N5S/c15-14(16,17)12-8-23-13(20-12)19-10-4-1-9(2-5-10)3-6-11-7-18-22-21-11/h1-2,4-5,7-8H,3,6H2,(H,19,20)(H,18,21,22). The molecule has 0 aliphatic heterocycles. The van der Waals surface area contributed by atoms with E-state index in [1.54, 1.807) is 6.20 Å². The Kier molecular flexibility index (Phi) is 4.28. The molecule has 23 heavy (non-hydrogen) atoms. The summed E-state index contributed by atoms with van der Waals surface area (Å²) in [5, 5.41) is 14.4. The molecule has 9 heteroatoms. The van der Waals surface area contributed by atoms with Gasteiger partial charge >= 0.3 is 6.18 Å². The maximum absolute atomic E-state index is 12.5. The van der Waals surface area contributed by atoms with Crippen molar-refractivity contribution >= 4 is 22.2 Å². The number of anilines is 2. The van der Waals surface area contributed by atoms with Crippen LogP contribution in [0.5, 0.6) is 0 Å². The zero-order valence-electron chi connectivity index (χ0n) is 11.8. The van der Waals surface area contributed by atoms with E-state index in [0.717, 1.165) is 40.8 Å². The molecule has 0 atom stereocenters. The monoisotopic (exact) mass is 339 g/mol. The van der Waals surface area contributed by atoms with E-state index in [0.29, 0.717) is 5.69 Å². The lowest BCUT2D eigenvalue weighted by atomic mass is 10.1. The van der Waals surface area contributed by atoms with Gasteiger partial charge in [0.15, 0.2) is 10.8 Å². The fourth-order valence-electron chi connectivity index (χ4n) is 1.96. The minimum absolute atomic E-state index is 0.215. The Morgan fingerprint density at radius 3 is 2.52 bits per heavy atom. The van der Waals surface area contributed by atoms with Gasteiger partial charge in [0.05, 0.1) is 11.9 Å². The fourth-order valence-corrected chi connectivity index (χ4v) is 2.70. The van der Waals surface area contributed by atoms with Crippen LogP contribution in [0.4, 0.5) is 24.0 Å². The Balaban J connectivity index is 1.60. The van der Waals surface area contributed by atoms with E-state index in [1.165, 1.54) is 0 Å². The van der Waals surface area contributed by atoms with Crippen LogP contribution < -0.4 is 5.32 Å². The topological polar surface area (TPSA) is 66.5 Å². The van der Waals surface area contributed by atoms with Gasteiger partial charge in [-0.3, -0.25) is 0 Å². The van der Waals surface area contributed by atoms with Gasteiger partial charge in [-0.2, -0.15) is 28.6 Å². The van der Waals surface area contributed by atoms with Gasteiger partial charge in [-0.15, -0.1) is 11.3 Å². The van der Waals surface area contributed by atoms with Crippen molar-refractivity contribution in [3.63, 3.8) is 0 Å². The third-order valence-electron chi connectivity index (χ3n) is 3.13. The summed E-state index contributed by atoms with van der Waals surface area (Å²) in [6.45, 7) is 0. The molecule has 0 aliphatic carbocycles. The number of hydrogen-bond acceptors (Lipinski definition) is 5. The highest BCUT2D eigenvalue weighted by atomic mass is 32.1. The maximum Gasteiger partial charge on any atom is 0.434 e. The second kappa shape index (κ2) is 6.37. The van der Waals surface area contributed by atoms with Crippen molar-refractivity contribution in [1.82, 2.24) is 20.4 Å². The lowest BCUT2D eigenvalue weighted by molar-refractivity contribution is -0.140. The second-order valence-electron chi connectivity index (χ2n) is 4.82. The number of benzene rings is 1. The number of H-pyrrole nitrogens is 1. The first kappa shape index (κ1) is 15.5. The van der Waals surface area contributed by atoms with Crippen LogP contribution in [-0.2, 0) is 19.0 Å². The van der Waals surface area contributed by atoms with Gasteiger partial charge in [0, 0.05) is 11.1 Å². The second-order valence-corrected chi connectivity index (χ2v) is 5.68. The van der Waals surface area contributed by atoms with Crippen LogP contribution >= 0.6 is 11.3 Å². The molecule has 0 aliphatic rings. The number of aromatic nitrogens is 4. The Morgan fingerprint density at radius 1 is 1.13 bits per heavy atom. The predicted molar refractivity (Wildman–Crippen MR) is 80.6 cm³/mol. The smallest absolute Gasteiger partial charge is 0.332 e. The van der Waals surface area contributed by atoms with Crippen molar-refractivity contribution in [2.75, 3.05) is 5.32 Å². The molecule has 0 fully saturated rings. The average molecular weight is 339 g/mol. The first-order chi connectivity index (χ1) is 11.0. The number of halogens is 3. The van der Waals surface area contributed by atoms with Crippen molar-refractivity contribution in [2.45, 2.75) is 19.0 Å². The number of aromatic amines is 1. The van der Waals surface area contributed by atoms with E-state index in [2.05, 4.69) is 25.7 Å². The number of aryl methyl sites for hydroxylation is 2. The van der Waals surface area contributed by atoms with Crippen molar-refractivity contribution in [3.8, 4) is 0 Å². The molecule has 0 bridgehead atoms. The van der Waals surface area contributed by atoms with E-state index >= 15 is 0 Å². The van der Waals surface area contributed by atoms with Gasteiger partial charge in [-0.05, 0) is 30.5 Å². The molecular weight excluding hydrogens is 327 g/mol. The summed E-state index contributed by atoms with van der Waals surface area (Å²) < 4.78 is 37.5. The Morgan fingerprint density at radius 2 is 1.91 bits per heavy atom. The van der Waals surface area contributed by atoms with Crippen molar-refractivity contribution < 1.29 is 13.2 Å². The lowest BCUT2D eigenvalue weighted by Crippen LogP contribution is -2.05. The van der Waals surface area contributed by atoms with Crippen molar-refractivity contribution in [1.29, 1.82) is 0 Å². The van der Waals surface area contributed by atoms with E-state index in [4.69, 9.17) is 0 Å². The quantitative estimate of drug-likeness (QED) is 0.742. The molecule has 0 amide bonds. The third-order valence-corrected chi connectivity index (χ3v) is 3.89. The SMILES string of the molecule is FC(F)(F)c1csc(Nc2ccc(CCc3cn[nH]n3)cc2)n1. The first-order valence-corrected chi connectivity index (χ1v) is 7.62. The molecule has 0 radical (unpaired) electrons. The van der Waals surface area contributed by atoms with Gasteiger partial charge in [-0.25, -0.2) is 4.98 Å². The average Bonchev–Trinajstić information content (AvgIpc) is 3.17. The van der Waals surface area contributed by atoms with Crippen LogP contribution in [0.3, 0.4) is 0 Å². The molecule has 0 spiro atoms. The van der Waals surface area contributed by atoms with E-state index in [1.807, 2.05) is 24.3 Å². The summed E-state index contributed by atoms with van der Waals surface area (Å²) >= 11 is 0.923. The number of alkyl halides is 3.